The highest BCUT2D eigenvalue weighted by Gasteiger charge is 2.11. The molecule has 0 fully saturated rings. The molecule has 2 nitrogen and oxygen atoms in total. The molecule has 21 heavy (non-hydrogen) atoms. The van der Waals surface area contributed by atoms with Crippen LogP contribution in [-0.2, 0) is 0 Å². The monoisotopic (exact) mass is 287 g/mol. The Balaban J connectivity index is 2.07. The fourth-order valence-electron chi connectivity index (χ4n) is 2.25. The van der Waals surface area contributed by atoms with E-state index in [1.54, 1.807) is 19.1 Å². The molecule has 0 aliphatic heterocycles. The molecule has 0 spiro atoms. The molecule has 0 radical (unpaired) electrons. The predicted molar refractivity (Wildman–Crippen MR) is 84.2 cm³/mol. The summed E-state index contributed by atoms with van der Waals surface area (Å²) in [7, 11) is 0. The van der Waals surface area contributed by atoms with Crippen LogP contribution in [0.3, 0.4) is 0 Å². The molecule has 0 bridgehead atoms. The average molecular weight is 287 g/mol. The van der Waals surface area contributed by atoms with Crippen LogP contribution in [0, 0.1) is 19.7 Å². The van der Waals surface area contributed by atoms with Crippen molar-refractivity contribution in [2.45, 2.75) is 26.8 Å². The zero-order chi connectivity index (χ0) is 15.2. The van der Waals surface area contributed by atoms with Gasteiger partial charge in [-0.1, -0.05) is 42.8 Å². The van der Waals surface area contributed by atoms with Gasteiger partial charge in [-0.2, -0.15) is 0 Å². The summed E-state index contributed by atoms with van der Waals surface area (Å²) in [5.41, 5.74) is 3.03. The lowest BCUT2D eigenvalue weighted by molar-refractivity contribution is 0.267. The molecule has 2 aromatic rings. The highest BCUT2D eigenvalue weighted by molar-refractivity contribution is 5.29. The molecule has 1 N–H and O–H groups in total. The number of hydrogen-bond acceptors (Lipinski definition) is 2. The van der Waals surface area contributed by atoms with Gasteiger partial charge in [0, 0.05) is 6.07 Å². The zero-order valence-corrected chi connectivity index (χ0v) is 12.8. The van der Waals surface area contributed by atoms with Crippen molar-refractivity contribution in [3.63, 3.8) is 0 Å². The number of nitrogens with one attached hydrogen (secondary N) is 1. The Hall–Kier alpha value is -1.87. The van der Waals surface area contributed by atoms with Gasteiger partial charge in [0.2, 0.25) is 0 Å². The smallest absolute Gasteiger partial charge is 0.129 e. The molecule has 112 valence electrons. The van der Waals surface area contributed by atoms with Crippen LogP contribution in [0.4, 0.5) is 4.39 Å². The second kappa shape index (κ2) is 7.23. The van der Waals surface area contributed by atoms with Gasteiger partial charge >= 0.3 is 0 Å². The number of ether oxygens (including phenoxy) is 1. The maximum Gasteiger partial charge on any atom is 0.129 e. The van der Waals surface area contributed by atoms with Crippen molar-refractivity contribution in [2.75, 3.05) is 13.2 Å². The number of likely N-dealkylation sites (N-methyl/N-ethyl adjacent to an activating group) is 1. The van der Waals surface area contributed by atoms with Crippen LogP contribution < -0.4 is 10.1 Å². The third kappa shape index (κ3) is 4.30. The highest BCUT2D eigenvalue weighted by Crippen LogP contribution is 2.19. The average Bonchev–Trinajstić information content (AvgIpc) is 2.47. The second-order valence-electron chi connectivity index (χ2n) is 5.25. The van der Waals surface area contributed by atoms with E-state index in [0.717, 1.165) is 6.54 Å². The van der Waals surface area contributed by atoms with E-state index in [2.05, 4.69) is 37.4 Å². The minimum Gasteiger partial charge on any atom is -0.492 e. The van der Waals surface area contributed by atoms with Gasteiger partial charge in [-0.15, -0.1) is 0 Å². The Labute approximate surface area is 126 Å². The summed E-state index contributed by atoms with van der Waals surface area (Å²) in [6, 6.07) is 13.4. The van der Waals surface area contributed by atoms with Crippen molar-refractivity contribution in [1.82, 2.24) is 5.32 Å². The first kappa shape index (κ1) is 15.5. The van der Waals surface area contributed by atoms with Crippen molar-refractivity contribution < 1.29 is 9.13 Å². The van der Waals surface area contributed by atoms with Gasteiger partial charge in [0.25, 0.3) is 0 Å². The maximum absolute atomic E-state index is 13.5. The molecular formula is C18H22FNO. The summed E-state index contributed by atoms with van der Waals surface area (Å²) in [5.74, 6) is 0.330. The first-order chi connectivity index (χ1) is 10.1. The summed E-state index contributed by atoms with van der Waals surface area (Å²) < 4.78 is 19.3. The van der Waals surface area contributed by atoms with Gasteiger partial charge in [-0.25, -0.2) is 4.39 Å². The Bertz CT molecular complexity index is 598. The number of hydrogen-bond donors (Lipinski definition) is 1. The predicted octanol–water partition coefficient (Wildman–Crippen LogP) is 4.17. The van der Waals surface area contributed by atoms with E-state index in [4.69, 9.17) is 4.74 Å². The Morgan fingerprint density at radius 1 is 1.14 bits per heavy atom. The summed E-state index contributed by atoms with van der Waals surface area (Å²) in [4.78, 5) is 0. The molecule has 0 aliphatic carbocycles. The van der Waals surface area contributed by atoms with Crippen LogP contribution in [0.25, 0.3) is 0 Å². The Kier molecular flexibility index (Phi) is 5.34. The molecule has 3 heteroatoms. The molecule has 0 aliphatic rings. The van der Waals surface area contributed by atoms with Gasteiger partial charge in [0.05, 0.1) is 6.04 Å². The fraction of sp³-hybridized carbons (Fsp3) is 0.333. The van der Waals surface area contributed by atoms with Gasteiger partial charge in [0.1, 0.15) is 18.2 Å². The lowest BCUT2D eigenvalue weighted by Gasteiger charge is -2.19. The minimum absolute atomic E-state index is 0.0965. The molecule has 2 rings (SSSR count). The minimum atomic E-state index is -0.233. The van der Waals surface area contributed by atoms with E-state index in [9.17, 15) is 4.39 Å². The largest absolute Gasteiger partial charge is 0.492 e. The van der Waals surface area contributed by atoms with Gasteiger partial charge in [-0.05, 0) is 37.6 Å². The summed E-state index contributed by atoms with van der Waals surface area (Å²) in [5, 5.41) is 3.40. The van der Waals surface area contributed by atoms with E-state index < -0.39 is 0 Å². The number of benzene rings is 2. The lowest BCUT2D eigenvalue weighted by Crippen LogP contribution is -2.26. The van der Waals surface area contributed by atoms with Crippen molar-refractivity contribution in [3.8, 4) is 5.75 Å². The Morgan fingerprint density at radius 2 is 1.95 bits per heavy atom. The quantitative estimate of drug-likeness (QED) is 0.861. The van der Waals surface area contributed by atoms with Crippen LogP contribution in [0.5, 0.6) is 5.75 Å². The van der Waals surface area contributed by atoms with Gasteiger partial charge < -0.3 is 10.1 Å². The molecule has 0 saturated carbocycles. The topological polar surface area (TPSA) is 21.3 Å². The van der Waals surface area contributed by atoms with Crippen molar-refractivity contribution in [1.29, 1.82) is 0 Å². The summed E-state index contributed by atoms with van der Waals surface area (Å²) in [6.45, 7) is 7.20. The van der Waals surface area contributed by atoms with Crippen LogP contribution in [-0.4, -0.2) is 13.2 Å². The third-order valence-electron chi connectivity index (χ3n) is 3.45. The molecule has 1 unspecified atom stereocenters. The van der Waals surface area contributed by atoms with E-state index in [0.29, 0.717) is 17.9 Å². The van der Waals surface area contributed by atoms with Gasteiger partial charge in [0.15, 0.2) is 0 Å². The first-order valence-electron chi connectivity index (χ1n) is 7.29. The number of rotatable bonds is 6. The van der Waals surface area contributed by atoms with Crippen LogP contribution >= 0.6 is 0 Å². The zero-order valence-electron chi connectivity index (χ0n) is 12.8. The van der Waals surface area contributed by atoms with Crippen LogP contribution in [0.1, 0.15) is 29.7 Å². The molecular weight excluding hydrogens is 265 g/mol. The van der Waals surface area contributed by atoms with E-state index in [1.807, 2.05) is 6.07 Å². The summed E-state index contributed by atoms with van der Waals surface area (Å²) >= 11 is 0. The number of halogens is 1. The van der Waals surface area contributed by atoms with E-state index in [-0.39, 0.29) is 11.9 Å². The highest BCUT2D eigenvalue weighted by atomic mass is 19.1. The fourth-order valence-corrected chi connectivity index (χ4v) is 2.25. The van der Waals surface area contributed by atoms with Crippen LogP contribution in [0.2, 0.25) is 0 Å². The van der Waals surface area contributed by atoms with Crippen molar-refractivity contribution in [2.24, 2.45) is 0 Å². The SMILES string of the molecule is CCNC(COc1ccc(C)c(F)c1)c1cccc(C)c1. The molecule has 0 amide bonds. The van der Waals surface area contributed by atoms with Crippen molar-refractivity contribution in [3.05, 3.63) is 65.0 Å². The lowest BCUT2D eigenvalue weighted by atomic mass is 10.1. The standard InChI is InChI=1S/C18H22FNO/c1-4-20-18(15-7-5-6-13(2)10-15)12-21-16-9-8-14(3)17(19)11-16/h5-11,18,20H,4,12H2,1-3H3. The molecule has 0 aromatic heterocycles. The van der Waals surface area contributed by atoms with E-state index in [1.165, 1.54) is 17.2 Å². The molecule has 2 aromatic carbocycles. The molecule has 1 atom stereocenters. The van der Waals surface area contributed by atoms with Crippen molar-refractivity contribution >= 4 is 0 Å². The molecule has 0 heterocycles. The maximum atomic E-state index is 13.5. The normalized spacial score (nSPS) is 12.2. The van der Waals surface area contributed by atoms with E-state index >= 15 is 0 Å². The summed E-state index contributed by atoms with van der Waals surface area (Å²) in [6.07, 6.45) is 0. The van der Waals surface area contributed by atoms with Crippen LogP contribution in [0.15, 0.2) is 42.5 Å². The Morgan fingerprint density at radius 3 is 2.62 bits per heavy atom. The van der Waals surface area contributed by atoms with Gasteiger partial charge in [-0.3, -0.25) is 0 Å². The number of aryl methyl sites for hydroxylation is 2. The third-order valence-corrected chi connectivity index (χ3v) is 3.45. The molecule has 0 saturated heterocycles. The first-order valence-corrected chi connectivity index (χ1v) is 7.29. The second-order valence-corrected chi connectivity index (χ2v) is 5.25.